The minimum atomic E-state index is -0.574. The molecule has 10 N–H and O–H groups in total. The van der Waals surface area contributed by atoms with Crippen LogP contribution in [0.15, 0.2) is 36.4 Å². The SMILES string of the molecule is Nc1cc([N+](=O)[O-])ccc1O.Nc1cc([N+](=O)[O-])ccc1O.O.O. The van der Waals surface area contributed by atoms with Crippen molar-refractivity contribution in [2.75, 3.05) is 11.5 Å². The standard InChI is InChI=1S/2C6H6N2O3.2H2O/c2*7-5-3-4(8(10)11)1-2-6(5)9;;/h2*1-3,9H,7H2;2*1H2. The van der Waals surface area contributed by atoms with Gasteiger partial charge >= 0.3 is 0 Å². The van der Waals surface area contributed by atoms with Crippen LogP contribution in [0.25, 0.3) is 0 Å². The molecule has 0 saturated carbocycles. The molecule has 0 aromatic heterocycles. The average Bonchev–Trinajstić information content (AvgIpc) is 2.45. The highest BCUT2D eigenvalue weighted by Crippen LogP contribution is 2.25. The third kappa shape index (κ3) is 6.00. The van der Waals surface area contributed by atoms with Gasteiger partial charge in [-0.3, -0.25) is 20.2 Å². The van der Waals surface area contributed by atoms with Gasteiger partial charge in [-0.2, -0.15) is 0 Å². The molecule has 2 rings (SSSR count). The molecule has 2 aromatic rings. The van der Waals surface area contributed by atoms with Crippen LogP contribution in [0, 0.1) is 20.2 Å². The van der Waals surface area contributed by atoms with Crippen LogP contribution in [0.3, 0.4) is 0 Å². The third-order valence-electron chi connectivity index (χ3n) is 2.44. The number of non-ortho nitro benzene ring substituents is 2. The van der Waals surface area contributed by atoms with Gasteiger partial charge in [-0.25, -0.2) is 0 Å². The van der Waals surface area contributed by atoms with Crippen molar-refractivity contribution in [3.05, 3.63) is 56.6 Å². The maximum absolute atomic E-state index is 10.1. The summed E-state index contributed by atoms with van der Waals surface area (Å²) in [6, 6.07) is 6.96. The van der Waals surface area contributed by atoms with Gasteiger partial charge < -0.3 is 32.6 Å². The van der Waals surface area contributed by atoms with E-state index in [0.29, 0.717) is 0 Å². The van der Waals surface area contributed by atoms with Gasteiger partial charge in [0.2, 0.25) is 0 Å². The smallest absolute Gasteiger partial charge is 0.271 e. The molecule has 0 saturated heterocycles. The molecule has 0 unspecified atom stereocenters. The summed E-state index contributed by atoms with van der Waals surface area (Å²) < 4.78 is 0. The molecule has 24 heavy (non-hydrogen) atoms. The molecule has 0 atom stereocenters. The summed E-state index contributed by atoms with van der Waals surface area (Å²) >= 11 is 0. The summed E-state index contributed by atoms with van der Waals surface area (Å²) in [6.45, 7) is 0. The normalized spacial score (nSPS) is 8.67. The maximum atomic E-state index is 10.1. The lowest BCUT2D eigenvalue weighted by atomic mass is 10.2. The Balaban J connectivity index is 0. The number of nitrogens with two attached hydrogens (primary N) is 2. The number of aromatic hydroxyl groups is 2. The summed E-state index contributed by atoms with van der Waals surface area (Å²) in [6.07, 6.45) is 0. The number of hydrogen-bond donors (Lipinski definition) is 4. The molecule has 12 nitrogen and oxygen atoms in total. The van der Waals surface area contributed by atoms with Gasteiger partial charge in [0.25, 0.3) is 11.4 Å². The third-order valence-corrected chi connectivity index (χ3v) is 2.44. The molecule has 0 aliphatic heterocycles. The van der Waals surface area contributed by atoms with Crippen molar-refractivity contribution < 1.29 is 31.0 Å². The van der Waals surface area contributed by atoms with Gasteiger partial charge in [0.1, 0.15) is 11.5 Å². The molecule has 0 radical (unpaired) electrons. The van der Waals surface area contributed by atoms with Gasteiger partial charge in [-0.1, -0.05) is 0 Å². The Kier molecular flexibility index (Phi) is 8.86. The number of anilines is 2. The van der Waals surface area contributed by atoms with Crippen LogP contribution < -0.4 is 11.5 Å². The first-order valence-corrected chi connectivity index (χ1v) is 5.68. The van der Waals surface area contributed by atoms with Gasteiger partial charge in [-0.05, 0) is 12.1 Å². The molecule has 12 heteroatoms. The highest BCUT2D eigenvalue weighted by atomic mass is 16.6. The number of nitro benzene ring substituents is 2. The highest BCUT2D eigenvalue weighted by molar-refractivity contribution is 5.57. The molecule has 0 aliphatic carbocycles. The van der Waals surface area contributed by atoms with E-state index in [9.17, 15) is 20.2 Å². The quantitative estimate of drug-likeness (QED) is 0.251. The number of hydrogen-bond acceptors (Lipinski definition) is 8. The van der Waals surface area contributed by atoms with Gasteiger partial charge in [0.15, 0.2) is 0 Å². The molecular weight excluding hydrogens is 328 g/mol. The van der Waals surface area contributed by atoms with Crippen LogP contribution in [-0.4, -0.2) is 31.0 Å². The number of nitrogen functional groups attached to an aromatic ring is 2. The minimum Gasteiger partial charge on any atom is -0.506 e. The Morgan fingerprint density at radius 2 is 1.04 bits per heavy atom. The van der Waals surface area contributed by atoms with E-state index in [-0.39, 0.29) is 45.2 Å². The molecule has 0 amide bonds. The fourth-order valence-corrected chi connectivity index (χ4v) is 1.31. The summed E-state index contributed by atoms with van der Waals surface area (Å²) in [7, 11) is 0. The van der Waals surface area contributed by atoms with Crippen molar-refractivity contribution in [3.8, 4) is 11.5 Å². The lowest BCUT2D eigenvalue weighted by molar-refractivity contribution is -0.385. The second-order valence-electron chi connectivity index (χ2n) is 4.00. The maximum Gasteiger partial charge on any atom is 0.271 e. The van der Waals surface area contributed by atoms with E-state index in [4.69, 9.17) is 21.7 Å². The Labute approximate surface area is 134 Å². The second kappa shape index (κ2) is 9.39. The minimum absolute atomic E-state index is 0. The van der Waals surface area contributed by atoms with Crippen molar-refractivity contribution in [1.29, 1.82) is 0 Å². The van der Waals surface area contributed by atoms with E-state index in [1.165, 1.54) is 24.3 Å². The molecule has 0 bridgehead atoms. The summed E-state index contributed by atoms with van der Waals surface area (Å²) in [5.74, 6) is -0.286. The lowest BCUT2D eigenvalue weighted by Crippen LogP contribution is -1.90. The number of phenols is 2. The number of benzene rings is 2. The summed E-state index contributed by atoms with van der Waals surface area (Å²) in [5, 5.41) is 38.0. The zero-order chi connectivity index (χ0) is 16.9. The topological polar surface area (TPSA) is 242 Å². The average molecular weight is 344 g/mol. The lowest BCUT2D eigenvalue weighted by Gasteiger charge is -1.96. The molecule has 0 heterocycles. The zero-order valence-corrected chi connectivity index (χ0v) is 12.0. The summed E-state index contributed by atoms with van der Waals surface area (Å²) in [4.78, 5) is 19.1. The van der Waals surface area contributed by atoms with E-state index in [1.807, 2.05) is 0 Å². The number of rotatable bonds is 2. The largest absolute Gasteiger partial charge is 0.506 e. The molecule has 132 valence electrons. The van der Waals surface area contributed by atoms with Crippen LogP contribution in [0.5, 0.6) is 11.5 Å². The van der Waals surface area contributed by atoms with Crippen LogP contribution in [0.2, 0.25) is 0 Å². The van der Waals surface area contributed by atoms with Gasteiger partial charge in [0.05, 0.1) is 21.2 Å². The van der Waals surface area contributed by atoms with Gasteiger partial charge in [0, 0.05) is 24.3 Å². The van der Waals surface area contributed by atoms with Crippen molar-refractivity contribution in [3.63, 3.8) is 0 Å². The van der Waals surface area contributed by atoms with Crippen molar-refractivity contribution in [1.82, 2.24) is 0 Å². The molecular formula is C12H16N4O8. The predicted octanol–water partition coefficient (Wildman–Crippen LogP) is 0.116. The fourth-order valence-electron chi connectivity index (χ4n) is 1.31. The van der Waals surface area contributed by atoms with E-state index < -0.39 is 9.85 Å². The number of phenolic OH excluding ortho intramolecular Hbond substituents is 2. The second-order valence-corrected chi connectivity index (χ2v) is 4.00. The monoisotopic (exact) mass is 344 g/mol. The van der Waals surface area contributed by atoms with Crippen LogP contribution in [0.4, 0.5) is 22.7 Å². The van der Waals surface area contributed by atoms with Crippen LogP contribution in [0.1, 0.15) is 0 Å². The van der Waals surface area contributed by atoms with Crippen molar-refractivity contribution >= 4 is 22.7 Å². The van der Waals surface area contributed by atoms with Crippen molar-refractivity contribution in [2.45, 2.75) is 0 Å². The first kappa shape index (κ1) is 22.6. The van der Waals surface area contributed by atoms with E-state index in [2.05, 4.69) is 0 Å². The Morgan fingerprint density at radius 3 is 1.25 bits per heavy atom. The Bertz CT molecular complexity index is 661. The first-order chi connectivity index (χ1) is 10.2. The van der Waals surface area contributed by atoms with E-state index >= 15 is 0 Å². The summed E-state index contributed by atoms with van der Waals surface area (Å²) in [5.41, 5.74) is 10.2. The van der Waals surface area contributed by atoms with Crippen molar-refractivity contribution in [2.24, 2.45) is 0 Å². The van der Waals surface area contributed by atoms with E-state index in [0.717, 1.165) is 12.1 Å². The van der Waals surface area contributed by atoms with Crippen LogP contribution >= 0.6 is 0 Å². The molecule has 2 aromatic carbocycles. The predicted molar refractivity (Wildman–Crippen MR) is 85.6 cm³/mol. The highest BCUT2D eigenvalue weighted by Gasteiger charge is 2.07. The van der Waals surface area contributed by atoms with E-state index in [1.54, 1.807) is 0 Å². The fraction of sp³-hybridized carbons (Fsp3) is 0. The first-order valence-electron chi connectivity index (χ1n) is 5.68. The molecule has 0 spiro atoms. The zero-order valence-electron chi connectivity index (χ0n) is 12.0. The Hall–Kier alpha value is -3.64. The van der Waals surface area contributed by atoms with Crippen LogP contribution in [-0.2, 0) is 0 Å². The number of nitro groups is 2. The molecule has 0 fully saturated rings. The number of nitrogens with zero attached hydrogens (tertiary/aromatic N) is 2. The Morgan fingerprint density at radius 1 is 0.750 bits per heavy atom. The van der Waals surface area contributed by atoms with Gasteiger partial charge in [-0.15, -0.1) is 0 Å². The molecule has 0 aliphatic rings.